The van der Waals surface area contributed by atoms with E-state index in [9.17, 15) is 9.59 Å². The molecule has 0 unspecified atom stereocenters. The molecule has 0 aromatic rings. The Hall–Kier alpha value is -1.30. The van der Waals surface area contributed by atoms with Gasteiger partial charge in [0, 0.05) is 7.05 Å². The van der Waals surface area contributed by atoms with E-state index in [0.717, 1.165) is 4.90 Å². The van der Waals surface area contributed by atoms with Crippen LogP contribution in [0.3, 0.4) is 0 Å². The van der Waals surface area contributed by atoms with Crippen LogP contribution >= 0.6 is 0 Å². The van der Waals surface area contributed by atoms with Crippen LogP contribution in [-0.2, 0) is 9.53 Å². The molecule has 0 heterocycles. The van der Waals surface area contributed by atoms with Crippen LogP contribution in [0.25, 0.3) is 0 Å². The van der Waals surface area contributed by atoms with E-state index < -0.39 is 12.0 Å². The standard InChI is InChI=1S/C6H12N2O4/c1-8(6(7)11)4-12-3-2-5(9)10/h2-4H2,1H3,(H2,7,11)(H,9,10). The van der Waals surface area contributed by atoms with Crippen molar-refractivity contribution >= 4 is 12.0 Å². The Morgan fingerprint density at radius 3 is 2.58 bits per heavy atom. The van der Waals surface area contributed by atoms with Crippen LogP contribution in [0.15, 0.2) is 0 Å². The summed E-state index contributed by atoms with van der Waals surface area (Å²) in [6.45, 7) is 0.0928. The molecule has 0 spiro atoms. The number of rotatable bonds is 5. The van der Waals surface area contributed by atoms with E-state index in [4.69, 9.17) is 15.6 Å². The van der Waals surface area contributed by atoms with Crippen LogP contribution in [0.4, 0.5) is 4.79 Å². The van der Waals surface area contributed by atoms with Gasteiger partial charge in [0.1, 0.15) is 6.73 Å². The lowest BCUT2D eigenvalue weighted by Gasteiger charge is -2.13. The highest BCUT2D eigenvalue weighted by molar-refractivity contribution is 5.71. The molecular weight excluding hydrogens is 164 g/mol. The molecule has 2 amide bonds. The SMILES string of the molecule is CN(COCCC(=O)O)C(N)=O. The Labute approximate surface area is 69.9 Å². The van der Waals surface area contributed by atoms with Gasteiger partial charge in [-0.2, -0.15) is 0 Å². The summed E-state index contributed by atoms with van der Waals surface area (Å²) in [5.74, 6) is -0.934. The summed E-state index contributed by atoms with van der Waals surface area (Å²) in [6.07, 6.45) is -0.0768. The van der Waals surface area contributed by atoms with Gasteiger partial charge >= 0.3 is 12.0 Å². The second-order valence-electron chi connectivity index (χ2n) is 2.22. The molecule has 0 fully saturated rings. The fraction of sp³-hybridized carbons (Fsp3) is 0.667. The van der Waals surface area contributed by atoms with Gasteiger partial charge in [0.15, 0.2) is 0 Å². The summed E-state index contributed by atoms with van der Waals surface area (Å²) in [5.41, 5.74) is 4.87. The maximum Gasteiger partial charge on any atom is 0.316 e. The lowest BCUT2D eigenvalue weighted by atomic mass is 10.5. The van der Waals surface area contributed by atoms with Crippen molar-refractivity contribution in [2.75, 3.05) is 20.4 Å². The molecule has 0 bridgehead atoms. The number of carbonyl (C=O) groups is 2. The molecule has 0 radical (unpaired) electrons. The van der Waals surface area contributed by atoms with Gasteiger partial charge in [-0.05, 0) is 0 Å². The topological polar surface area (TPSA) is 92.9 Å². The number of hydrogen-bond donors (Lipinski definition) is 2. The second-order valence-corrected chi connectivity index (χ2v) is 2.22. The number of nitrogens with two attached hydrogens (primary N) is 1. The number of aliphatic carboxylic acids is 1. The molecule has 0 atom stereocenters. The van der Waals surface area contributed by atoms with Crippen molar-refractivity contribution < 1.29 is 19.4 Å². The molecule has 0 aromatic carbocycles. The van der Waals surface area contributed by atoms with Crippen molar-refractivity contribution in [3.63, 3.8) is 0 Å². The fourth-order valence-electron chi connectivity index (χ4n) is 0.425. The number of amides is 2. The zero-order chi connectivity index (χ0) is 9.56. The molecule has 12 heavy (non-hydrogen) atoms. The third-order valence-corrected chi connectivity index (χ3v) is 1.12. The van der Waals surface area contributed by atoms with Crippen molar-refractivity contribution in [1.29, 1.82) is 0 Å². The number of carboxylic acids is 1. The van der Waals surface area contributed by atoms with Crippen molar-refractivity contribution in [1.82, 2.24) is 4.90 Å². The number of urea groups is 1. The average Bonchev–Trinajstić information content (AvgIpc) is 1.97. The molecule has 0 rings (SSSR count). The van der Waals surface area contributed by atoms with Gasteiger partial charge in [-0.1, -0.05) is 0 Å². The van der Waals surface area contributed by atoms with Gasteiger partial charge in [-0.25, -0.2) is 4.79 Å². The first-order valence-corrected chi connectivity index (χ1v) is 3.34. The Balaban J connectivity index is 3.31. The summed E-state index contributed by atoms with van der Waals surface area (Å²) < 4.78 is 4.81. The lowest BCUT2D eigenvalue weighted by Crippen LogP contribution is -2.34. The Bertz CT molecular complexity index is 171. The molecule has 0 aliphatic rings. The van der Waals surface area contributed by atoms with E-state index in [2.05, 4.69) is 0 Å². The zero-order valence-corrected chi connectivity index (χ0v) is 6.82. The third-order valence-electron chi connectivity index (χ3n) is 1.12. The molecule has 6 nitrogen and oxygen atoms in total. The van der Waals surface area contributed by atoms with Crippen LogP contribution in [0.1, 0.15) is 6.42 Å². The lowest BCUT2D eigenvalue weighted by molar-refractivity contribution is -0.138. The van der Waals surface area contributed by atoms with Gasteiger partial charge in [0.25, 0.3) is 0 Å². The van der Waals surface area contributed by atoms with Gasteiger partial charge in [0.05, 0.1) is 13.0 Å². The summed E-state index contributed by atoms with van der Waals surface area (Å²) in [7, 11) is 1.46. The van der Waals surface area contributed by atoms with E-state index in [1.165, 1.54) is 7.05 Å². The van der Waals surface area contributed by atoms with E-state index in [-0.39, 0.29) is 19.8 Å². The largest absolute Gasteiger partial charge is 0.481 e. The summed E-state index contributed by atoms with van der Waals surface area (Å²) in [6, 6.07) is -0.606. The fourth-order valence-corrected chi connectivity index (χ4v) is 0.425. The van der Waals surface area contributed by atoms with Crippen LogP contribution in [0, 0.1) is 0 Å². The van der Waals surface area contributed by atoms with Crippen molar-refractivity contribution in [3.05, 3.63) is 0 Å². The van der Waals surface area contributed by atoms with Crippen molar-refractivity contribution in [2.24, 2.45) is 5.73 Å². The second kappa shape index (κ2) is 5.36. The van der Waals surface area contributed by atoms with Gasteiger partial charge in [-0.15, -0.1) is 0 Å². The zero-order valence-electron chi connectivity index (χ0n) is 6.82. The maximum atomic E-state index is 10.4. The van der Waals surface area contributed by atoms with E-state index in [0.29, 0.717) is 0 Å². The number of carboxylic acid groups (broad SMARTS) is 1. The van der Waals surface area contributed by atoms with Gasteiger partial charge in [0.2, 0.25) is 0 Å². The molecule has 0 saturated heterocycles. The molecule has 0 aromatic heterocycles. The predicted octanol–water partition coefficient (Wildman–Crippen LogP) is -0.554. The van der Waals surface area contributed by atoms with E-state index >= 15 is 0 Å². The van der Waals surface area contributed by atoms with Crippen molar-refractivity contribution in [3.8, 4) is 0 Å². The highest BCUT2D eigenvalue weighted by atomic mass is 16.5. The maximum absolute atomic E-state index is 10.4. The summed E-state index contributed by atoms with van der Waals surface area (Å²) in [5, 5.41) is 8.20. The smallest absolute Gasteiger partial charge is 0.316 e. The molecular formula is C6H12N2O4. The minimum atomic E-state index is -0.934. The highest BCUT2D eigenvalue weighted by Crippen LogP contribution is 1.86. The van der Waals surface area contributed by atoms with Crippen molar-refractivity contribution in [2.45, 2.75) is 6.42 Å². The number of carbonyl (C=O) groups excluding carboxylic acids is 1. The Morgan fingerprint density at radius 2 is 2.17 bits per heavy atom. The monoisotopic (exact) mass is 176 g/mol. The van der Waals surface area contributed by atoms with Crippen LogP contribution in [0.2, 0.25) is 0 Å². The highest BCUT2D eigenvalue weighted by Gasteiger charge is 2.02. The predicted molar refractivity (Wildman–Crippen MR) is 40.4 cm³/mol. The Kier molecular flexibility index (Phi) is 4.78. The minimum Gasteiger partial charge on any atom is -0.481 e. The van der Waals surface area contributed by atoms with E-state index in [1.54, 1.807) is 0 Å². The molecule has 0 aliphatic heterocycles. The number of ether oxygens (including phenoxy) is 1. The molecule has 0 saturated carbocycles. The normalized spacial score (nSPS) is 9.42. The van der Waals surface area contributed by atoms with Crippen LogP contribution < -0.4 is 5.73 Å². The molecule has 6 heteroatoms. The summed E-state index contributed by atoms with van der Waals surface area (Å²) in [4.78, 5) is 21.5. The molecule has 70 valence electrons. The van der Waals surface area contributed by atoms with Crippen LogP contribution in [-0.4, -0.2) is 42.4 Å². The average molecular weight is 176 g/mol. The first kappa shape index (κ1) is 10.7. The molecule has 3 N–H and O–H groups in total. The third kappa shape index (κ3) is 5.48. The number of hydrogen-bond acceptors (Lipinski definition) is 3. The van der Waals surface area contributed by atoms with Crippen LogP contribution in [0.5, 0.6) is 0 Å². The minimum absolute atomic E-state index is 0.0165. The van der Waals surface area contributed by atoms with Gasteiger partial charge in [-0.3, -0.25) is 4.79 Å². The quantitative estimate of drug-likeness (QED) is 0.434. The summed E-state index contributed by atoms with van der Waals surface area (Å²) >= 11 is 0. The van der Waals surface area contributed by atoms with Gasteiger partial charge < -0.3 is 20.5 Å². The Morgan fingerprint density at radius 1 is 1.58 bits per heavy atom. The molecule has 0 aliphatic carbocycles. The first-order chi connectivity index (χ1) is 5.54. The number of nitrogens with zero attached hydrogens (tertiary/aromatic N) is 1. The van der Waals surface area contributed by atoms with E-state index in [1.807, 2.05) is 0 Å². The first-order valence-electron chi connectivity index (χ1n) is 3.34. The number of primary amides is 1.